The second kappa shape index (κ2) is 5.94. The molecule has 108 valence electrons. The molecule has 1 atom stereocenters. The number of carbonyl (C=O) groups is 2. The van der Waals surface area contributed by atoms with Crippen molar-refractivity contribution in [3.8, 4) is 0 Å². The summed E-state index contributed by atoms with van der Waals surface area (Å²) < 4.78 is 0. The first-order valence-electron chi connectivity index (χ1n) is 6.92. The molecule has 5 heteroatoms. The van der Waals surface area contributed by atoms with Gasteiger partial charge in [-0.2, -0.15) is 0 Å². The monoisotopic (exact) mass is 276 g/mol. The van der Waals surface area contributed by atoms with Crippen molar-refractivity contribution in [1.82, 2.24) is 4.90 Å². The van der Waals surface area contributed by atoms with Crippen LogP contribution in [0.2, 0.25) is 0 Å². The number of hydrogen-bond donors (Lipinski definition) is 1. The van der Waals surface area contributed by atoms with Crippen molar-refractivity contribution in [2.75, 3.05) is 18.0 Å². The van der Waals surface area contributed by atoms with Gasteiger partial charge >= 0.3 is 12.0 Å². The maximum Gasteiger partial charge on any atom is 0.326 e. The summed E-state index contributed by atoms with van der Waals surface area (Å²) in [5.41, 5.74) is 1.93. The van der Waals surface area contributed by atoms with Gasteiger partial charge in [0.15, 0.2) is 0 Å². The largest absolute Gasteiger partial charge is 0.480 e. The molecule has 1 aromatic carbocycles. The fourth-order valence-corrected chi connectivity index (χ4v) is 2.56. The molecule has 2 rings (SSSR count). The number of rotatable bonds is 3. The average Bonchev–Trinajstić information content (AvgIpc) is 2.91. The molecule has 0 spiro atoms. The van der Waals surface area contributed by atoms with Crippen molar-refractivity contribution in [3.63, 3.8) is 0 Å². The highest BCUT2D eigenvalue weighted by Gasteiger charge is 2.36. The molecule has 0 unspecified atom stereocenters. The van der Waals surface area contributed by atoms with Crippen LogP contribution in [0.15, 0.2) is 24.3 Å². The molecule has 20 heavy (non-hydrogen) atoms. The van der Waals surface area contributed by atoms with Gasteiger partial charge in [0.25, 0.3) is 0 Å². The number of benzene rings is 1. The first kappa shape index (κ1) is 14.4. The van der Waals surface area contributed by atoms with Crippen LogP contribution in [0.25, 0.3) is 0 Å². The average molecular weight is 276 g/mol. The number of likely N-dealkylation sites (tertiary alicyclic amines) is 1. The lowest BCUT2D eigenvalue weighted by molar-refractivity contribution is -0.141. The summed E-state index contributed by atoms with van der Waals surface area (Å²) in [5, 5.41) is 9.18. The second-order valence-corrected chi connectivity index (χ2v) is 5.05. The Bertz CT molecular complexity index is 498. The van der Waals surface area contributed by atoms with Crippen LogP contribution in [0.1, 0.15) is 25.3 Å². The standard InChI is InChI=1S/C15H20N2O3/c1-3-16(12-8-6-11(2)7-9-12)15(20)17-10-4-5-13(17)14(18)19/h6-9,13H,3-5,10H2,1-2H3,(H,18,19)/t13-/m1/s1. The molecule has 1 N–H and O–H groups in total. The topological polar surface area (TPSA) is 60.9 Å². The zero-order valence-corrected chi connectivity index (χ0v) is 11.9. The summed E-state index contributed by atoms with van der Waals surface area (Å²) in [6.45, 7) is 4.91. The summed E-state index contributed by atoms with van der Waals surface area (Å²) >= 11 is 0. The predicted octanol–water partition coefficient (Wildman–Crippen LogP) is 2.49. The molecule has 0 saturated carbocycles. The summed E-state index contributed by atoms with van der Waals surface area (Å²) in [6.07, 6.45) is 1.28. The molecule has 0 bridgehead atoms. The normalized spacial score (nSPS) is 18.1. The van der Waals surface area contributed by atoms with Crippen molar-refractivity contribution in [2.24, 2.45) is 0 Å². The van der Waals surface area contributed by atoms with E-state index in [1.165, 1.54) is 4.90 Å². The van der Waals surface area contributed by atoms with Gasteiger partial charge in [-0.15, -0.1) is 0 Å². The Morgan fingerprint density at radius 3 is 2.55 bits per heavy atom. The number of aliphatic carboxylic acids is 1. The van der Waals surface area contributed by atoms with E-state index in [0.717, 1.165) is 17.7 Å². The van der Waals surface area contributed by atoms with E-state index in [1.54, 1.807) is 4.90 Å². The predicted molar refractivity (Wildman–Crippen MR) is 77.0 cm³/mol. The number of anilines is 1. The lowest BCUT2D eigenvalue weighted by atomic mass is 10.2. The van der Waals surface area contributed by atoms with Gasteiger partial charge in [0.1, 0.15) is 6.04 Å². The van der Waals surface area contributed by atoms with Crippen LogP contribution in [-0.4, -0.2) is 41.1 Å². The number of nitrogens with zero attached hydrogens (tertiary/aromatic N) is 2. The van der Waals surface area contributed by atoms with E-state index in [9.17, 15) is 14.7 Å². The molecule has 1 aromatic rings. The Morgan fingerprint density at radius 2 is 2.00 bits per heavy atom. The van der Waals surface area contributed by atoms with Crippen LogP contribution in [0.5, 0.6) is 0 Å². The molecule has 1 heterocycles. The van der Waals surface area contributed by atoms with Gasteiger partial charge < -0.3 is 10.0 Å². The molecule has 5 nitrogen and oxygen atoms in total. The van der Waals surface area contributed by atoms with Crippen molar-refractivity contribution in [2.45, 2.75) is 32.7 Å². The Balaban J connectivity index is 2.21. The minimum atomic E-state index is -0.921. The first-order chi connectivity index (χ1) is 9.54. The lowest BCUT2D eigenvalue weighted by Crippen LogP contribution is -2.48. The molecule has 1 aliphatic rings. The van der Waals surface area contributed by atoms with Crippen LogP contribution >= 0.6 is 0 Å². The summed E-state index contributed by atoms with van der Waals surface area (Å²) in [7, 11) is 0. The van der Waals surface area contributed by atoms with E-state index >= 15 is 0 Å². The van der Waals surface area contributed by atoms with E-state index in [2.05, 4.69) is 0 Å². The third-order valence-electron chi connectivity index (χ3n) is 3.68. The van der Waals surface area contributed by atoms with Crippen LogP contribution in [0.4, 0.5) is 10.5 Å². The minimum absolute atomic E-state index is 0.221. The SMILES string of the molecule is CCN(C(=O)N1CCC[C@@H]1C(=O)O)c1ccc(C)cc1. The van der Waals surface area contributed by atoms with Crippen molar-refractivity contribution < 1.29 is 14.7 Å². The van der Waals surface area contributed by atoms with Gasteiger partial charge in [-0.25, -0.2) is 9.59 Å². The van der Waals surface area contributed by atoms with Crippen LogP contribution in [0.3, 0.4) is 0 Å². The molecule has 0 aliphatic carbocycles. The maximum absolute atomic E-state index is 12.6. The third-order valence-corrected chi connectivity index (χ3v) is 3.68. The molecular formula is C15H20N2O3. The zero-order valence-electron chi connectivity index (χ0n) is 11.9. The third kappa shape index (κ3) is 2.76. The van der Waals surface area contributed by atoms with Crippen molar-refractivity contribution >= 4 is 17.7 Å². The Kier molecular flexibility index (Phi) is 4.27. The van der Waals surface area contributed by atoms with E-state index in [-0.39, 0.29) is 6.03 Å². The molecule has 1 aliphatic heterocycles. The Hall–Kier alpha value is -2.04. The van der Waals surface area contributed by atoms with Crippen LogP contribution in [-0.2, 0) is 4.79 Å². The number of hydrogen-bond acceptors (Lipinski definition) is 2. The van der Waals surface area contributed by atoms with Crippen LogP contribution < -0.4 is 4.90 Å². The maximum atomic E-state index is 12.6. The highest BCUT2D eigenvalue weighted by Crippen LogP contribution is 2.23. The number of carboxylic acids is 1. The van der Waals surface area contributed by atoms with E-state index < -0.39 is 12.0 Å². The fourth-order valence-electron chi connectivity index (χ4n) is 2.56. The highest BCUT2D eigenvalue weighted by atomic mass is 16.4. The van der Waals surface area contributed by atoms with Gasteiger partial charge in [-0.1, -0.05) is 17.7 Å². The van der Waals surface area contributed by atoms with Crippen LogP contribution in [0, 0.1) is 6.92 Å². The molecule has 1 saturated heterocycles. The van der Waals surface area contributed by atoms with Gasteiger partial charge in [0.05, 0.1) is 0 Å². The number of carboxylic acid groups (broad SMARTS) is 1. The van der Waals surface area contributed by atoms with Gasteiger partial charge in [0.2, 0.25) is 0 Å². The van der Waals surface area contributed by atoms with Gasteiger partial charge in [-0.3, -0.25) is 4.90 Å². The quantitative estimate of drug-likeness (QED) is 0.922. The Morgan fingerprint density at radius 1 is 1.35 bits per heavy atom. The van der Waals surface area contributed by atoms with Crippen molar-refractivity contribution in [1.29, 1.82) is 0 Å². The Labute approximate surface area is 118 Å². The van der Waals surface area contributed by atoms with E-state index in [1.807, 2.05) is 38.1 Å². The van der Waals surface area contributed by atoms with Crippen molar-refractivity contribution in [3.05, 3.63) is 29.8 Å². The summed E-state index contributed by atoms with van der Waals surface area (Å²) in [5.74, 6) is -0.921. The number of urea groups is 1. The first-order valence-corrected chi connectivity index (χ1v) is 6.92. The number of carbonyl (C=O) groups excluding carboxylic acids is 1. The van der Waals surface area contributed by atoms with E-state index in [0.29, 0.717) is 19.5 Å². The molecule has 0 radical (unpaired) electrons. The summed E-state index contributed by atoms with van der Waals surface area (Å²) in [4.78, 5) is 26.9. The zero-order chi connectivity index (χ0) is 14.7. The smallest absolute Gasteiger partial charge is 0.326 e. The highest BCUT2D eigenvalue weighted by molar-refractivity contribution is 5.94. The molecule has 1 fully saturated rings. The molecule has 0 aromatic heterocycles. The lowest BCUT2D eigenvalue weighted by Gasteiger charge is -2.29. The molecule has 2 amide bonds. The van der Waals surface area contributed by atoms with Gasteiger partial charge in [-0.05, 0) is 38.8 Å². The second-order valence-electron chi connectivity index (χ2n) is 5.05. The molecular weight excluding hydrogens is 256 g/mol. The van der Waals surface area contributed by atoms with E-state index in [4.69, 9.17) is 0 Å². The fraction of sp³-hybridized carbons (Fsp3) is 0.467. The number of aryl methyl sites for hydroxylation is 1. The van der Waals surface area contributed by atoms with Gasteiger partial charge in [0, 0.05) is 18.8 Å². The minimum Gasteiger partial charge on any atom is -0.480 e. The summed E-state index contributed by atoms with van der Waals surface area (Å²) in [6, 6.07) is 6.77. The number of amides is 2.